The Morgan fingerprint density at radius 1 is 0.867 bits per heavy atom. The van der Waals surface area contributed by atoms with Crippen molar-refractivity contribution in [1.29, 1.82) is 0 Å². The van der Waals surface area contributed by atoms with Gasteiger partial charge in [-0.05, 0) is 25.5 Å². The highest BCUT2D eigenvalue weighted by molar-refractivity contribution is 7.21. The molecular formula is C32H30F2O9S2. The van der Waals surface area contributed by atoms with Crippen molar-refractivity contribution in [3.8, 4) is 23.0 Å². The number of hydrogen-bond donors (Lipinski definition) is 1. The van der Waals surface area contributed by atoms with Gasteiger partial charge in [0.15, 0.2) is 46.2 Å². The van der Waals surface area contributed by atoms with E-state index in [2.05, 4.69) is 0 Å². The second kappa shape index (κ2) is 13.1. The normalized spacial score (nSPS) is 16.4. The van der Waals surface area contributed by atoms with Crippen LogP contribution in [0.1, 0.15) is 52.5 Å². The van der Waals surface area contributed by atoms with Crippen LogP contribution in [0.4, 0.5) is 8.78 Å². The number of aliphatic carboxylic acids is 1. The van der Waals surface area contributed by atoms with Gasteiger partial charge in [-0.2, -0.15) is 0 Å². The number of rotatable bonds is 15. The Labute approximate surface area is 264 Å². The van der Waals surface area contributed by atoms with Gasteiger partial charge in [-0.15, -0.1) is 22.7 Å². The van der Waals surface area contributed by atoms with Crippen molar-refractivity contribution in [3.63, 3.8) is 0 Å². The molecule has 45 heavy (non-hydrogen) atoms. The average molecular weight is 661 g/mol. The van der Waals surface area contributed by atoms with Crippen molar-refractivity contribution in [1.82, 2.24) is 0 Å². The number of ether oxygens (including phenoxy) is 4. The van der Waals surface area contributed by atoms with Crippen LogP contribution < -0.4 is 18.9 Å². The molecule has 0 bridgehead atoms. The van der Waals surface area contributed by atoms with Gasteiger partial charge in [-0.1, -0.05) is 6.92 Å². The molecule has 1 aliphatic rings. The van der Waals surface area contributed by atoms with Crippen molar-refractivity contribution < 1.29 is 52.0 Å². The number of benzene rings is 2. The summed E-state index contributed by atoms with van der Waals surface area (Å²) in [5.41, 5.74) is 0. The second-order valence-corrected chi connectivity index (χ2v) is 13.0. The van der Waals surface area contributed by atoms with Crippen molar-refractivity contribution in [2.45, 2.75) is 33.1 Å². The van der Waals surface area contributed by atoms with Crippen LogP contribution in [0.15, 0.2) is 24.3 Å². The highest BCUT2D eigenvalue weighted by atomic mass is 32.1. The predicted molar refractivity (Wildman–Crippen MR) is 165 cm³/mol. The SMILES string of the molecule is COc1cc2sc(C(=O)C[C@H](C)C(=O)O)cc2c(F)c1OCCCOc1c(OC)cc2sc(C(=O)[C@@H]3C[C@H]3C(C)=O)cc2c1F. The Kier molecular flexibility index (Phi) is 9.40. The molecule has 4 aromatic rings. The third-order valence-electron chi connectivity index (χ3n) is 7.67. The van der Waals surface area contributed by atoms with Gasteiger partial charge in [0.25, 0.3) is 0 Å². The third-order valence-corrected chi connectivity index (χ3v) is 9.89. The largest absolute Gasteiger partial charge is 0.493 e. The molecule has 1 fully saturated rings. The Morgan fingerprint density at radius 2 is 1.38 bits per heavy atom. The first-order valence-corrected chi connectivity index (χ1v) is 15.7. The Morgan fingerprint density at radius 3 is 1.84 bits per heavy atom. The summed E-state index contributed by atoms with van der Waals surface area (Å²) >= 11 is 2.17. The predicted octanol–water partition coefficient (Wildman–Crippen LogP) is 6.96. The summed E-state index contributed by atoms with van der Waals surface area (Å²) in [6.07, 6.45) is 0.523. The number of thiophene rings is 2. The van der Waals surface area contributed by atoms with Gasteiger partial charge in [0.2, 0.25) is 0 Å². The van der Waals surface area contributed by atoms with Crippen LogP contribution in [0.2, 0.25) is 0 Å². The number of carboxylic acids is 1. The van der Waals surface area contributed by atoms with E-state index in [0.717, 1.165) is 22.7 Å². The highest BCUT2D eigenvalue weighted by Gasteiger charge is 2.46. The van der Waals surface area contributed by atoms with E-state index < -0.39 is 29.3 Å². The van der Waals surface area contributed by atoms with Crippen LogP contribution in [0, 0.1) is 29.4 Å². The molecule has 9 nitrogen and oxygen atoms in total. The second-order valence-electron chi connectivity index (χ2n) is 10.8. The fourth-order valence-electron chi connectivity index (χ4n) is 5.02. The number of carbonyl (C=O) groups is 4. The standard InChI is InChI=1S/C32H30F2O9S2/c1-14(32(38)39)8-20(36)25-10-18-23(44-25)12-21(40-3)30(27(18)33)42-6-5-7-43-31-22(41-4)13-24-19(28(31)34)11-26(45-24)29(37)17-9-16(17)15(2)35/h10-14,16-17H,5-9H2,1-4H3,(H,38,39)/t14-,16-,17+/m0/s1. The molecule has 1 aliphatic carbocycles. The van der Waals surface area contributed by atoms with Gasteiger partial charge in [0, 0.05) is 57.0 Å². The van der Waals surface area contributed by atoms with E-state index >= 15 is 8.78 Å². The first-order chi connectivity index (χ1) is 21.4. The minimum Gasteiger partial charge on any atom is -0.493 e. The van der Waals surface area contributed by atoms with Crippen LogP contribution in [0.25, 0.3) is 20.2 Å². The van der Waals surface area contributed by atoms with Crippen LogP contribution in [0.3, 0.4) is 0 Å². The van der Waals surface area contributed by atoms with E-state index in [1.54, 1.807) is 12.1 Å². The number of fused-ring (bicyclic) bond motifs is 2. The summed E-state index contributed by atoms with van der Waals surface area (Å²) in [5.74, 6) is -4.65. The summed E-state index contributed by atoms with van der Waals surface area (Å²) in [6, 6.07) is 6.00. The van der Waals surface area contributed by atoms with Gasteiger partial charge in [-0.25, -0.2) is 8.78 Å². The highest BCUT2D eigenvalue weighted by Crippen LogP contribution is 2.45. The molecule has 0 unspecified atom stereocenters. The molecule has 2 heterocycles. The van der Waals surface area contributed by atoms with Gasteiger partial charge in [0.1, 0.15) is 5.78 Å². The molecule has 0 aliphatic heterocycles. The van der Waals surface area contributed by atoms with Gasteiger partial charge >= 0.3 is 5.97 Å². The molecular weight excluding hydrogens is 630 g/mol. The van der Waals surface area contributed by atoms with Crippen molar-refractivity contribution in [2.24, 2.45) is 17.8 Å². The molecule has 13 heteroatoms. The van der Waals surface area contributed by atoms with Crippen molar-refractivity contribution in [3.05, 3.63) is 45.7 Å². The number of Topliss-reactive ketones (excluding diaryl/α,β-unsaturated/α-hetero) is 3. The van der Waals surface area contributed by atoms with E-state index in [9.17, 15) is 19.2 Å². The number of carbonyl (C=O) groups excluding carboxylic acids is 3. The third kappa shape index (κ3) is 6.50. The van der Waals surface area contributed by atoms with E-state index in [4.69, 9.17) is 24.1 Å². The fraction of sp³-hybridized carbons (Fsp3) is 0.375. The van der Waals surface area contributed by atoms with Crippen molar-refractivity contribution >= 4 is 66.2 Å². The Balaban J connectivity index is 1.25. The minimum absolute atomic E-state index is 0.0118. The molecule has 0 saturated heterocycles. The number of carboxylic acid groups (broad SMARTS) is 1. The summed E-state index contributed by atoms with van der Waals surface area (Å²) in [6.45, 7) is 2.86. The monoisotopic (exact) mass is 660 g/mol. The lowest BCUT2D eigenvalue weighted by molar-refractivity contribution is -0.141. The summed E-state index contributed by atoms with van der Waals surface area (Å²) in [5, 5.41) is 9.45. The fourth-order valence-corrected chi connectivity index (χ4v) is 7.14. The van der Waals surface area contributed by atoms with Crippen LogP contribution >= 0.6 is 22.7 Å². The smallest absolute Gasteiger partial charge is 0.306 e. The number of hydrogen-bond acceptors (Lipinski definition) is 10. The van der Waals surface area contributed by atoms with Crippen molar-refractivity contribution in [2.75, 3.05) is 27.4 Å². The zero-order chi connectivity index (χ0) is 32.6. The maximum atomic E-state index is 15.5. The first kappa shape index (κ1) is 32.3. The molecule has 238 valence electrons. The first-order valence-electron chi connectivity index (χ1n) is 14.1. The van der Waals surface area contributed by atoms with Crippen LogP contribution in [-0.2, 0) is 9.59 Å². The molecule has 3 atom stereocenters. The maximum Gasteiger partial charge on any atom is 0.306 e. The maximum absolute atomic E-state index is 15.5. The van der Waals surface area contributed by atoms with E-state index in [1.165, 1.54) is 40.2 Å². The van der Waals surface area contributed by atoms with E-state index in [-0.39, 0.29) is 88.1 Å². The topological polar surface area (TPSA) is 125 Å². The average Bonchev–Trinajstić information content (AvgIpc) is 3.51. The molecule has 2 aromatic carbocycles. The van der Waals surface area contributed by atoms with Gasteiger partial charge < -0.3 is 24.1 Å². The molecule has 0 radical (unpaired) electrons. The molecule has 1 saturated carbocycles. The van der Waals surface area contributed by atoms with Gasteiger partial charge in [-0.3, -0.25) is 19.2 Å². The lowest BCUT2D eigenvalue weighted by atomic mass is 10.0. The summed E-state index contributed by atoms with van der Waals surface area (Å²) in [7, 11) is 2.73. The molecule has 1 N–H and O–H groups in total. The van der Waals surface area contributed by atoms with Crippen LogP contribution in [0.5, 0.6) is 23.0 Å². The van der Waals surface area contributed by atoms with Gasteiger partial charge in [0.05, 0.1) is 43.1 Å². The summed E-state index contributed by atoms with van der Waals surface area (Å²) < 4.78 is 54.0. The lowest BCUT2D eigenvalue weighted by Crippen LogP contribution is -2.13. The molecule has 0 amide bonds. The quantitative estimate of drug-likeness (QED) is 0.106. The van der Waals surface area contributed by atoms with Crippen LogP contribution in [-0.4, -0.2) is 55.9 Å². The molecule has 0 spiro atoms. The lowest BCUT2D eigenvalue weighted by Gasteiger charge is -2.14. The molecule has 5 rings (SSSR count). The number of ketones is 3. The minimum atomic E-state index is -1.09. The number of methoxy groups -OCH3 is 2. The Hall–Kier alpha value is -4.10. The Bertz CT molecular complexity index is 1830. The molecule has 2 aromatic heterocycles. The van der Waals surface area contributed by atoms with E-state index in [0.29, 0.717) is 20.7 Å². The zero-order valence-electron chi connectivity index (χ0n) is 24.9. The summed E-state index contributed by atoms with van der Waals surface area (Å²) in [4.78, 5) is 48.7. The number of halogens is 2. The zero-order valence-corrected chi connectivity index (χ0v) is 26.5. The van der Waals surface area contributed by atoms with E-state index in [1.807, 2.05) is 0 Å².